The van der Waals surface area contributed by atoms with Crippen molar-refractivity contribution in [3.05, 3.63) is 35.9 Å². The van der Waals surface area contributed by atoms with Crippen molar-refractivity contribution < 1.29 is 4.79 Å². The molecule has 1 unspecified atom stereocenters. The summed E-state index contributed by atoms with van der Waals surface area (Å²) in [5.74, 6) is 0.710. The maximum atomic E-state index is 13.2. The van der Waals surface area contributed by atoms with E-state index in [0.29, 0.717) is 5.92 Å². The first-order chi connectivity index (χ1) is 9.94. The molecule has 1 aromatic carbocycles. The van der Waals surface area contributed by atoms with Crippen LogP contribution in [0.1, 0.15) is 39.7 Å². The first-order valence-corrected chi connectivity index (χ1v) is 8.02. The number of carbonyl (C=O) groups excluding carboxylic acids is 1. The van der Waals surface area contributed by atoms with Crippen molar-refractivity contribution in [3.8, 4) is 0 Å². The number of nitrogens with zero attached hydrogens (tertiary/aromatic N) is 1. The second kappa shape index (κ2) is 6.61. The van der Waals surface area contributed by atoms with Gasteiger partial charge in [-0.15, -0.1) is 0 Å². The number of hydrogen-bond donors (Lipinski definition) is 1. The third-order valence-corrected chi connectivity index (χ3v) is 4.57. The SMILES string of the molecule is CC(C)C1CNCCCN1C(=O)C(C)(C)c1ccccc1. The number of benzene rings is 1. The molecule has 116 valence electrons. The second-order valence-electron chi connectivity index (χ2n) is 6.86. The highest BCUT2D eigenvalue weighted by molar-refractivity contribution is 5.87. The summed E-state index contributed by atoms with van der Waals surface area (Å²) in [6.45, 7) is 11.2. The van der Waals surface area contributed by atoms with Gasteiger partial charge in [-0.2, -0.15) is 0 Å². The highest BCUT2D eigenvalue weighted by atomic mass is 16.2. The summed E-state index contributed by atoms with van der Waals surface area (Å²) in [6, 6.07) is 10.4. The van der Waals surface area contributed by atoms with Crippen molar-refractivity contribution in [3.63, 3.8) is 0 Å². The van der Waals surface area contributed by atoms with Crippen molar-refractivity contribution in [1.82, 2.24) is 10.2 Å². The van der Waals surface area contributed by atoms with Crippen molar-refractivity contribution >= 4 is 5.91 Å². The van der Waals surface area contributed by atoms with Crippen LogP contribution in [-0.4, -0.2) is 36.5 Å². The topological polar surface area (TPSA) is 32.3 Å². The quantitative estimate of drug-likeness (QED) is 0.927. The van der Waals surface area contributed by atoms with Crippen molar-refractivity contribution in [2.45, 2.75) is 45.6 Å². The number of hydrogen-bond acceptors (Lipinski definition) is 2. The van der Waals surface area contributed by atoms with Gasteiger partial charge in [0.05, 0.1) is 5.41 Å². The van der Waals surface area contributed by atoms with Gasteiger partial charge >= 0.3 is 0 Å². The van der Waals surface area contributed by atoms with Crippen LogP contribution in [0, 0.1) is 5.92 Å². The summed E-state index contributed by atoms with van der Waals surface area (Å²) in [4.78, 5) is 15.3. The molecule has 3 nitrogen and oxygen atoms in total. The Kier molecular flexibility index (Phi) is 5.04. The van der Waals surface area contributed by atoms with E-state index < -0.39 is 5.41 Å². The summed E-state index contributed by atoms with van der Waals surface area (Å²) in [5, 5.41) is 3.46. The van der Waals surface area contributed by atoms with Crippen LogP contribution in [0.15, 0.2) is 30.3 Å². The standard InChI is InChI=1S/C18H28N2O/c1-14(2)16-13-19-11-8-12-20(16)17(21)18(3,4)15-9-6-5-7-10-15/h5-7,9-10,14,16,19H,8,11-13H2,1-4H3. The molecule has 0 aromatic heterocycles. The molecule has 1 atom stereocenters. The van der Waals surface area contributed by atoms with E-state index in [0.717, 1.165) is 31.6 Å². The van der Waals surface area contributed by atoms with E-state index in [-0.39, 0.29) is 11.9 Å². The Bertz CT molecular complexity index is 467. The van der Waals surface area contributed by atoms with Crippen molar-refractivity contribution in [2.75, 3.05) is 19.6 Å². The average molecular weight is 288 g/mol. The van der Waals surface area contributed by atoms with E-state index in [1.807, 2.05) is 32.0 Å². The number of nitrogens with one attached hydrogen (secondary N) is 1. The lowest BCUT2D eigenvalue weighted by Gasteiger charge is -2.38. The van der Waals surface area contributed by atoms with Gasteiger partial charge in [-0.25, -0.2) is 0 Å². The lowest BCUT2D eigenvalue weighted by molar-refractivity contribution is -0.139. The number of carbonyl (C=O) groups is 1. The summed E-state index contributed by atoms with van der Waals surface area (Å²) in [7, 11) is 0. The second-order valence-corrected chi connectivity index (χ2v) is 6.86. The van der Waals surface area contributed by atoms with Crippen LogP contribution in [0.2, 0.25) is 0 Å². The van der Waals surface area contributed by atoms with E-state index in [2.05, 4.69) is 36.2 Å². The summed E-state index contributed by atoms with van der Waals surface area (Å²) in [5.41, 5.74) is 0.619. The molecule has 1 heterocycles. The molecular formula is C18H28N2O. The lowest BCUT2D eigenvalue weighted by atomic mass is 9.82. The van der Waals surface area contributed by atoms with Gasteiger partial charge in [0.25, 0.3) is 0 Å². The number of rotatable bonds is 3. The Morgan fingerprint density at radius 1 is 1.29 bits per heavy atom. The van der Waals surface area contributed by atoms with E-state index in [9.17, 15) is 4.79 Å². The largest absolute Gasteiger partial charge is 0.337 e. The summed E-state index contributed by atoms with van der Waals surface area (Å²) >= 11 is 0. The molecule has 1 N–H and O–H groups in total. The van der Waals surface area contributed by atoms with E-state index in [4.69, 9.17) is 0 Å². The zero-order chi connectivity index (χ0) is 15.5. The molecule has 1 amide bonds. The fraction of sp³-hybridized carbons (Fsp3) is 0.611. The lowest BCUT2D eigenvalue weighted by Crippen LogP contribution is -2.52. The summed E-state index contributed by atoms with van der Waals surface area (Å²) in [6.07, 6.45) is 1.03. The molecule has 0 bridgehead atoms. The van der Waals surface area contributed by atoms with Gasteiger partial charge in [0, 0.05) is 19.1 Å². The minimum atomic E-state index is -0.473. The van der Waals surface area contributed by atoms with E-state index >= 15 is 0 Å². The number of amides is 1. The van der Waals surface area contributed by atoms with Crippen LogP contribution in [0.4, 0.5) is 0 Å². The monoisotopic (exact) mass is 288 g/mol. The molecule has 0 spiro atoms. The smallest absolute Gasteiger partial charge is 0.232 e. The normalized spacial score (nSPS) is 20.4. The van der Waals surface area contributed by atoms with E-state index in [1.165, 1.54) is 0 Å². The molecule has 1 fully saturated rings. The van der Waals surface area contributed by atoms with Crippen LogP contribution in [0.25, 0.3) is 0 Å². The predicted molar refractivity (Wildman–Crippen MR) is 87.3 cm³/mol. The molecule has 0 radical (unpaired) electrons. The van der Waals surface area contributed by atoms with Gasteiger partial charge < -0.3 is 10.2 Å². The van der Waals surface area contributed by atoms with Gasteiger partial charge in [0.2, 0.25) is 5.91 Å². The Balaban J connectivity index is 2.27. The van der Waals surface area contributed by atoms with Gasteiger partial charge in [-0.1, -0.05) is 44.2 Å². The average Bonchev–Trinajstić information content (AvgIpc) is 2.73. The Labute approximate surface area is 128 Å². The molecule has 1 aliphatic heterocycles. The fourth-order valence-corrected chi connectivity index (χ4v) is 3.09. The molecule has 3 heteroatoms. The molecule has 1 aromatic rings. The molecular weight excluding hydrogens is 260 g/mol. The molecule has 0 aliphatic carbocycles. The van der Waals surface area contributed by atoms with Crippen LogP contribution in [0.5, 0.6) is 0 Å². The maximum Gasteiger partial charge on any atom is 0.232 e. The van der Waals surface area contributed by atoms with E-state index in [1.54, 1.807) is 0 Å². The molecule has 2 rings (SSSR count). The van der Waals surface area contributed by atoms with Gasteiger partial charge in [-0.05, 0) is 38.3 Å². The van der Waals surface area contributed by atoms with Crippen molar-refractivity contribution in [2.24, 2.45) is 5.92 Å². The van der Waals surface area contributed by atoms with Gasteiger partial charge in [0.1, 0.15) is 0 Å². The van der Waals surface area contributed by atoms with Crippen LogP contribution in [-0.2, 0) is 10.2 Å². The highest BCUT2D eigenvalue weighted by Gasteiger charge is 2.37. The molecule has 0 saturated carbocycles. The van der Waals surface area contributed by atoms with Crippen LogP contribution < -0.4 is 5.32 Å². The van der Waals surface area contributed by atoms with Crippen LogP contribution >= 0.6 is 0 Å². The molecule has 21 heavy (non-hydrogen) atoms. The minimum Gasteiger partial charge on any atom is -0.337 e. The van der Waals surface area contributed by atoms with Crippen molar-refractivity contribution in [1.29, 1.82) is 0 Å². The van der Waals surface area contributed by atoms with Crippen LogP contribution in [0.3, 0.4) is 0 Å². The highest BCUT2D eigenvalue weighted by Crippen LogP contribution is 2.28. The van der Waals surface area contributed by atoms with Gasteiger partial charge in [-0.3, -0.25) is 4.79 Å². The fourth-order valence-electron chi connectivity index (χ4n) is 3.09. The minimum absolute atomic E-state index is 0.246. The zero-order valence-corrected chi connectivity index (χ0v) is 13.7. The molecule has 1 aliphatic rings. The molecule has 1 saturated heterocycles. The third kappa shape index (κ3) is 3.46. The Hall–Kier alpha value is -1.35. The Morgan fingerprint density at radius 3 is 2.57 bits per heavy atom. The first-order valence-electron chi connectivity index (χ1n) is 8.02. The Morgan fingerprint density at radius 2 is 1.95 bits per heavy atom. The van der Waals surface area contributed by atoms with Gasteiger partial charge in [0.15, 0.2) is 0 Å². The summed E-state index contributed by atoms with van der Waals surface area (Å²) < 4.78 is 0. The zero-order valence-electron chi connectivity index (χ0n) is 13.7. The third-order valence-electron chi connectivity index (χ3n) is 4.57. The predicted octanol–water partition coefficient (Wildman–Crippen LogP) is 2.81. The maximum absolute atomic E-state index is 13.2. The first kappa shape index (κ1) is 16.0.